The van der Waals surface area contributed by atoms with Crippen molar-refractivity contribution < 1.29 is 18.4 Å². The fourth-order valence-electron chi connectivity index (χ4n) is 2.71. The Kier molecular flexibility index (Phi) is 4.61. The van der Waals surface area contributed by atoms with Gasteiger partial charge < -0.3 is 10.6 Å². The number of halogens is 2. The van der Waals surface area contributed by atoms with E-state index in [4.69, 9.17) is 5.73 Å². The number of piperidine rings is 1. The molecule has 118 valence electrons. The zero-order chi connectivity index (χ0) is 15.6. The SMILES string of the molecule is C[C@H](/C=C/C(=O)N1CC(F)(F)C1)N1CCC(C(N)=O)CC1. The topological polar surface area (TPSA) is 66.6 Å². The summed E-state index contributed by atoms with van der Waals surface area (Å²) in [6, 6.07) is 0.0320. The largest absolute Gasteiger partial charge is 0.369 e. The van der Waals surface area contributed by atoms with Crippen molar-refractivity contribution in [2.45, 2.75) is 31.7 Å². The van der Waals surface area contributed by atoms with E-state index in [0.29, 0.717) is 0 Å². The number of nitrogens with zero attached hydrogens (tertiary/aromatic N) is 2. The van der Waals surface area contributed by atoms with Gasteiger partial charge in [0.1, 0.15) is 0 Å². The zero-order valence-electron chi connectivity index (χ0n) is 12.1. The Balaban J connectivity index is 1.77. The van der Waals surface area contributed by atoms with Crippen LogP contribution < -0.4 is 5.73 Å². The first kappa shape index (κ1) is 15.9. The van der Waals surface area contributed by atoms with Crippen LogP contribution in [-0.2, 0) is 9.59 Å². The molecule has 7 heteroatoms. The van der Waals surface area contributed by atoms with E-state index in [0.717, 1.165) is 30.8 Å². The molecule has 21 heavy (non-hydrogen) atoms. The molecule has 2 heterocycles. The molecule has 0 aliphatic carbocycles. The number of amides is 2. The second kappa shape index (κ2) is 6.09. The minimum Gasteiger partial charge on any atom is -0.369 e. The number of alkyl halides is 2. The van der Waals surface area contributed by atoms with Crippen LogP contribution in [0.15, 0.2) is 12.2 Å². The van der Waals surface area contributed by atoms with Crippen LogP contribution in [-0.4, -0.2) is 59.8 Å². The van der Waals surface area contributed by atoms with E-state index in [-0.39, 0.29) is 23.8 Å². The second-order valence-electron chi connectivity index (χ2n) is 5.86. The molecular weight excluding hydrogens is 280 g/mol. The number of carbonyl (C=O) groups excluding carboxylic acids is 2. The van der Waals surface area contributed by atoms with Crippen LogP contribution in [0.5, 0.6) is 0 Å². The number of rotatable bonds is 4. The quantitative estimate of drug-likeness (QED) is 0.774. The van der Waals surface area contributed by atoms with E-state index in [1.165, 1.54) is 6.08 Å². The van der Waals surface area contributed by atoms with Gasteiger partial charge in [0.2, 0.25) is 11.8 Å². The van der Waals surface area contributed by atoms with Crippen LogP contribution in [0.3, 0.4) is 0 Å². The summed E-state index contributed by atoms with van der Waals surface area (Å²) in [7, 11) is 0. The van der Waals surface area contributed by atoms with Crippen molar-refractivity contribution in [2.75, 3.05) is 26.2 Å². The standard InChI is InChI=1S/C14H21F2N3O2/c1-10(18-6-4-11(5-7-18)13(17)21)2-3-12(20)19-8-14(15,16)9-19/h2-3,10-11H,4-9H2,1H3,(H2,17,21)/b3-2+/t10-/m1/s1. The molecular formula is C14H21F2N3O2. The van der Waals surface area contributed by atoms with E-state index in [2.05, 4.69) is 4.90 Å². The third kappa shape index (κ3) is 4.00. The first-order valence-corrected chi connectivity index (χ1v) is 7.17. The summed E-state index contributed by atoms with van der Waals surface area (Å²) >= 11 is 0. The first-order chi connectivity index (χ1) is 9.78. The van der Waals surface area contributed by atoms with Crippen LogP contribution in [0.2, 0.25) is 0 Å². The maximum Gasteiger partial charge on any atom is 0.282 e. The summed E-state index contributed by atoms with van der Waals surface area (Å²) in [5.74, 6) is -3.43. The average Bonchev–Trinajstić information content (AvgIpc) is 2.41. The molecule has 2 N–H and O–H groups in total. The lowest BCUT2D eigenvalue weighted by Gasteiger charge is -2.38. The molecule has 0 aromatic rings. The fraction of sp³-hybridized carbons (Fsp3) is 0.714. The monoisotopic (exact) mass is 301 g/mol. The lowest BCUT2D eigenvalue weighted by Crippen LogP contribution is -2.58. The van der Waals surface area contributed by atoms with Crippen molar-refractivity contribution in [3.63, 3.8) is 0 Å². The van der Waals surface area contributed by atoms with Crippen molar-refractivity contribution >= 4 is 11.8 Å². The van der Waals surface area contributed by atoms with Crippen LogP contribution >= 0.6 is 0 Å². The Bertz CT molecular complexity index is 438. The van der Waals surface area contributed by atoms with E-state index >= 15 is 0 Å². The molecule has 0 spiro atoms. The molecule has 0 saturated carbocycles. The van der Waals surface area contributed by atoms with Crippen molar-refractivity contribution in [1.82, 2.24) is 9.80 Å². The normalized spacial score (nSPS) is 24.8. The Labute approximate surface area is 122 Å². The molecule has 0 aromatic heterocycles. The Morgan fingerprint density at radius 1 is 1.29 bits per heavy atom. The van der Waals surface area contributed by atoms with Crippen molar-refractivity contribution in [3.05, 3.63) is 12.2 Å². The molecule has 2 rings (SSSR count). The van der Waals surface area contributed by atoms with Gasteiger partial charge in [-0.2, -0.15) is 0 Å². The van der Waals surface area contributed by atoms with E-state index in [1.807, 2.05) is 6.92 Å². The number of nitrogens with two attached hydrogens (primary N) is 1. The van der Waals surface area contributed by atoms with Gasteiger partial charge in [0, 0.05) is 18.0 Å². The van der Waals surface area contributed by atoms with Gasteiger partial charge in [-0.05, 0) is 32.9 Å². The second-order valence-corrected chi connectivity index (χ2v) is 5.86. The number of hydrogen-bond donors (Lipinski definition) is 1. The van der Waals surface area contributed by atoms with Gasteiger partial charge in [0.25, 0.3) is 5.92 Å². The van der Waals surface area contributed by atoms with Gasteiger partial charge in [0.05, 0.1) is 13.1 Å². The van der Waals surface area contributed by atoms with E-state index < -0.39 is 19.0 Å². The molecule has 2 aliphatic heterocycles. The molecule has 2 amide bonds. The minimum atomic E-state index is -2.73. The summed E-state index contributed by atoms with van der Waals surface area (Å²) in [6.45, 7) is 2.45. The molecule has 0 radical (unpaired) electrons. The third-order valence-electron chi connectivity index (χ3n) is 4.18. The summed E-state index contributed by atoms with van der Waals surface area (Å²) in [6.07, 6.45) is 4.53. The molecule has 0 aromatic carbocycles. The number of carbonyl (C=O) groups is 2. The highest BCUT2D eigenvalue weighted by atomic mass is 19.3. The Morgan fingerprint density at radius 3 is 2.33 bits per heavy atom. The van der Waals surface area contributed by atoms with E-state index in [9.17, 15) is 18.4 Å². The van der Waals surface area contributed by atoms with Gasteiger partial charge in [0.15, 0.2) is 0 Å². The van der Waals surface area contributed by atoms with Gasteiger partial charge >= 0.3 is 0 Å². The highest BCUT2D eigenvalue weighted by molar-refractivity contribution is 5.88. The molecule has 0 bridgehead atoms. The number of likely N-dealkylation sites (tertiary alicyclic amines) is 2. The molecule has 0 unspecified atom stereocenters. The lowest BCUT2D eigenvalue weighted by molar-refractivity contribution is -0.160. The van der Waals surface area contributed by atoms with Crippen LogP contribution in [0.25, 0.3) is 0 Å². The predicted octanol–water partition coefficient (Wildman–Crippen LogP) is 0.606. The lowest BCUT2D eigenvalue weighted by atomic mass is 9.95. The average molecular weight is 301 g/mol. The highest BCUT2D eigenvalue weighted by Gasteiger charge is 2.45. The van der Waals surface area contributed by atoms with Gasteiger partial charge in [-0.15, -0.1) is 0 Å². The molecule has 2 aliphatic rings. The van der Waals surface area contributed by atoms with Crippen LogP contribution in [0, 0.1) is 5.92 Å². The molecule has 1 atom stereocenters. The fourth-order valence-corrected chi connectivity index (χ4v) is 2.71. The zero-order valence-corrected chi connectivity index (χ0v) is 12.1. The summed E-state index contributed by atoms with van der Waals surface area (Å²) in [5.41, 5.74) is 5.28. The van der Waals surface area contributed by atoms with Crippen molar-refractivity contribution in [1.29, 1.82) is 0 Å². The summed E-state index contributed by atoms with van der Waals surface area (Å²) in [5, 5.41) is 0. The maximum atomic E-state index is 12.7. The molecule has 2 fully saturated rings. The van der Waals surface area contributed by atoms with Gasteiger partial charge in [-0.3, -0.25) is 14.5 Å². The first-order valence-electron chi connectivity index (χ1n) is 7.17. The van der Waals surface area contributed by atoms with Crippen molar-refractivity contribution in [3.8, 4) is 0 Å². The highest BCUT2D eigenvalue weighted by Crippen LogP contribution is 2.26. The Hall–Kier alpha value is -1.50. The maximum absolute atomic E-state index is 12.7. The Morgan fingerprint density at radius 2 is 1.86 bits per heavy atom. The van der Waals surface area contributed by atoms with Crippen LogP contribution in [0.4, 0.5) is 8.78 Å². The van der Waals surface area contributed by atoms with E-state index in [1.54, 1.807) is 6.08 Å². The number of hydrogen-bond acceptors (Lipinski definition) is 3. The number of primary amides is 1. The predicted molar refractivity (Wildman–Crippen MR) is 73.6 cm³/mol. The molecule has 5 nitrogen and oxygen atoms in total. The summed E-state index contributed by atoms with van der Waals surface area (Å²) < 4.78 is 25.4. The summed E-state index contributed by atoms with van der Waals surface area (Å²) in [4.78, 5) is 26.0. The minimum absolute atomic E-state index is 0.0320. The van der Waals surface area contributed by atoms with Crippen molar-refractivity contribution in [2.24, 2.45) is 11.7 Å². The third-order valence-corrected chi connectivity index (χ3v) is 4.18. The van der Waals surface area contributed by atoms with Crippen LogP contribution in [0.1, 0.15) is 19.8 Å². The van der Waals surface area contributed by atoms with Gasteiger partial charge in [-0.1, -0.05) is 6.08 Å². The molecule has 2 saturated heterocycles. The van der Waals surface area contributed by atoms with Gasteiger partial charge in [-0.25, -0.2) is 8.78 Å². The smallest absolute Gasteiger partial charge is 0.282 e.